The Morgan fingerprint density at radius 1 is 1.24 bits per heavy atom. The quantitative estimate of drug-likeness (QED) is 0.752. The zero-order chi connectivity index (χ0) is 12.1. The lowest BCUT2D eigenvalue weighted by Crippen LogP contribution is -2.04. The number of carbonyl (C=O) groups is 1. The minimum atomic E-state index is 0.0429. The van der Waals surface area contributed by atoms with Crippen LogP contribution in [0.2, 0.25) is 0 Å². The van der Waals surface area contributed by atoms with E-state index in [1.54, 1.807) is 12.4 Å². The van der Waals surface area contributed by atoms with Crippen LogP contribution >= 0.6 is 0 Å². The van der Waals surface area contributed by atoms with Crippen LogP contribution in [0.5, 0.6) is 0 Å². The second-order valence-corrected chi connectivity index (χ2v) is 3.94. The molecule has 0 aliphatic heterocycles. The molecule has 3 nitrogen and oxygen atoms in total. The lowest BCUT2D eigenvalue weighted by atomic mass is 10.0. The number of aromatic nitrogens is 2. The minimum Gasteiger partial charge on any atom is -0.292 e. The van der Waals surface area contributed by atoms with E-state index >= 15 is 0 Å². The van der Waals surface area contributed by atoms with E-state index < -0.39 is 0 Å². The topological polar surface area (TPSA) is 42.9 Å². The van der Waals surface area contributed by atoms with E-state index in [1.807, 2.05) is 12.1 Å². The number of ketones is 1. The Labute approximate surface area is 101 Å². The molecule has 3 heteroatoms. The SMILES string of the molecule is Cc1ccccc1CCC(=O)c1cnccn1. The molecule has 0 unspecified atom stereocenters. The summed E-state index contributed by atoms with van der Waals surface area (Å²) < 4.78 is 0. The molecule has 0 N–H and O–H groups in total. The number of carbonyl (C=O) groups excluding carboxylic acids is 1. The van der Waals surface area contributed by atoms with Gasteiger partial charge in [0.15, 0.2) is 5.78 Å². The molecule has 0 aliphatic carbocycles. The van der Waals surface area contributed by atoms with Crippen LogP contribution in [-0.4, -0.2) is 15.8 Å². The van der Waals surface area contributed by atoms with Gasteiger partial charge in [0.2, 0.25) is 0 Å². The van der Waals surface area contributed by atoms with Gasteiger partial charge < -0.3 is 0 Å². The first-order chi connectivity index (χ1) is 8.27. The number of hydrogen-bond donors (Lipinski definition) is 0. The molecule has 86 valence electrons. The van der Waals surface area contributed by atoms with Crippen LogP contribution in [0.1, 0.15) is 28.0 Å². The van der Waals surface area contributed by atoms with Crippen molar-refractivity contribution >= 4 is 5.78 Å². The molecule has 0 radical (unpaired) electrons. The number of aryl methyl sites for hydroxylation is 2. The summed E-state index contributed by atoms with van der Waals surface area (Å²) in [5.41, 5.74) is 2.88. The van der Waals surface area contributed by atoms with E-state index in [0.717, 1.165) is 6.42 Å². The van der Waals surface area contributed by atoms with Gasteiger partial charge in [0.1, 0.15) is 5.69 Å². The molecule has 0 spiro atoms. The van der Waals surface area contributed by atoms with E-state index in [9.17, 15) is 4.79 Å². The molecule has 1 aromatic heterocycles. The summed E-state index contributed by atoms with van der Waals surface area (Å²) in [5.74, 6) is 0.0429. The highest BCUT2D eigenvalue weighted by atomic mass is 16.1. The fraction of sp³-hybridized carbons (Fsp3) is 0.214. The molecular weight excluding hydrogens is 212 g/mol. The molecule has 1 heterocycles. The van der Waals surface area contributed by atoms with Gasteiger partial charge in [0.05, 0.1) is 6.20 Å². The number of hydrogen-bond acceptors (Lipinski definition) is 3. The Kier molecular flexibility index (Phi) is 3.60. The van der Waals surface area contributed by atoms with Gasteiger partial charge in [-0.3, -0.25) is 9.78 Å². The van der Waals surface area contributed by atoms with Crippen LogP contribution in [0.15, 0.2) is 42.9 Å². The van der Waals surface area contributed by atoms with Crippen LogP contribution in [0, 0.1) is 6.92 Å². The molecule has 0 aliphatic rings. The van der Waals surface area contributed by atoms with Crippen molar-refractivity contribution in [3.63, 3.8) is 0 Å². The average molecular weight is 226 g/mol. The molecule has 0 fully saturated rings. The molecule has 0 amide bonds. The molecule has 2 aromatic rings. The summed E-state index contributed by atoms with van der Waals surface area (Å²) in [5, 5.41) is 0. The third-order valence-electron chi connectivity index (χ3n) is 2.73. The van der Waals surface area contributed by atoms with Crippen molar-refractivity contribution in [1.82, 2.24) is 9.97 Å². The second-order valence-electron chi connectivity index (χ2n) is 3.94. The summed E-state index contributed by atoms with van der Waals surface area (Å²) >= 11 is 0. The highest BCUT2D eigenvalue weighted by Crippen LogP contribution is 2.11. The predicted molar refractivity (Wildman–Crippen MR) is 65.9 cm³/mol. The van der Waals surface area contributed by atoms with Crippen LogP contribution < -0.4 is 0 Å². The van der Waals surface area contributed by atoms with Gasteiger partial charge in [-0.25, -0.2) is 4.98 Å². The smallest absolute Gasteiger partial charge is 0.183 e. The third-order valence-corrected chi connectivity index (χ3v) is 2.73. The minimum absolute atomic E-state index is 0.0429. The van der Waals surface area contributed by atoms with E-state index in [0.29, 0.717) is 12.1 Å². The first-order valence-electron chi connectivity index (χ1n) is 5.61. The van der Waals surface area contributed by atoms with Crippen LogP contribution in [0.25, 0.3) is 0 Å². The maximum Gasteiger partial charge on any atom is 0.183 e. The summed E-state index contributed by atoms with van der Waals surface area (Å²) in [6.45, 7) is 2.06. The highest BCUT2D eigenvalue weighted by Gasteiger charge is 2.08. The Morgan fingerprint density at radius 3 is 2.76 bits per heavy atom. The van der Waals surface area contributed by atoms with Crippen molar-refractivity contribution in [2.45, 2.75) is 19.8 Å². The Bertz CT molecular complexity index is 509. The van der Waals surface area contributed by atoms with Gasteiger partial charge in [-0.1, -0.05) is 24.3 Å². The number of Topliss-reactive ketones (excluding diaryl/α,β-unsaturated/α-hetero) is 1. The van der Waals surface area contributed by atoms with Crippen molar-refractivity contribution in [1.29, 1.82) is 0 Å². The lowest BCUT2D eigenvalue weighted by molar-refractivity contribution is 0.0977. The van der Waals surface area contributed by atoms with E-state index in [2.05, 4.69) is 29.0 Å². The molecule has 0 saturated heterocycles. The summed E-state index contributed by atoms with van der Waals surface area (Å²) in [4.78, 5) is 19.7. The van der Waals surface area contributed by atoms with Crippen molar-refractivity contribution in [2.24, 2.45) is 0 Å². The van der Waals surface area contributed by atoms with Gasteiger partial charge in [-0.15, -0.1) is 0 Å². The maximum atomic E-state index is 11.8. The predicted octanol–water partition coefficient (Wildman–Crippen LogP) is 2.60. The van der Waals surface area contributed by atoms with Crippen molar-refractivity contribution < 1.29 is 4.79 Å². The summed E-state index contributed by atoms with van der Waals surface area (Å²) in [6.07, 6.45) is 5.85. The molecule has 0 saturated carbocycles. The second kappa shape index (κ2) is 5.34. The molecule has 2 rings (SSSR count). The van der Waals surface area contributed by atoms with E-state index in [4.69, 9.17) is 0 Å². The molecule has 1 aromatic carbocycles. The summed E-state index contributed by atoms with van der Waals surface area (Å²) in [6, 6.07) is 8.11. The molecule has 0 bridgehead atoms. The monoisotopic (exact) mass is 226 g/mol. The fourth-order valence-corrected chi connectivity index (χ4v) is 1.71. The lowest BCUT2D eigenvalue weighted by Gasteiger charge is -2.04. The molecular formula is C14H14N2O. The van der Waals surface area contributed by atoms with Crippen molar-refractivity contribution in [2.75, 3.05) is 0 Å². The van der Waals surface area contributed by atoms with Gasteiger partial charge in [0, 0.05) is 18.8 Å². The maximum absolute atomic E-state index is 11.8. The number of nitrogens with zero attached hydrogens (tertiary/aromatic N) is 2. The van der Waals surface area contributed by atoms with Crippen LogP contribution in [-0.2, 0) is 6.42 Å². The Hall–Kier alpha value is -2.03. The first-order valence-corrected chi connectivity index (χ1v) is 5.61. The third kappa shape index (κ3) is 2.97. The average Bonchev–Trinajstić information content (AvgIpc) is 2.38. The molecule has 17 heavy (non-hydrogen) atoms. The number of benzene rings is 1. The van der Waals surface area contributed by atoms with E-state index in [-0.39, 0.29) is 5.78 Å². The zero-order valence-corrected chi connectivity index (χ0v) is 9.76. The zero-order valence-electron chi connectivity index (χ0n) is 9.76. The largest absolute Gasteiger partial charge is 0.292 e. The van der Waals surface area contributed by atoms with E-state index in [1.165, 1.54) is 17.3 Å². The Morgan fingerprint density at radius 2 is 2.06 bits per heavy atom. The Balaban J connectivity index is 2.00. The van der Waals surface area contributed by atoms with Gasteiger partial charge in [-0.2, -0.15) is 0 Å². The van der Waals surface area contributed by atoms with Crippen LogP contribution in [0.4, 0.5) is 0 Å². The fourth-order valence-electron chi connectivity index (χ4n) is 1.71. The standard InChI is InChI=1S/C14H14N2O/c1-11-4-2-3-5-12(11)6-7-14(17)13-10-15-8-9-16-13/h2-5,8-10H,6-7H2,1H3. The van der Waals surface area contributed by atoms with Crippen molar-refractivity contribution in [3.8, 4) is 0 Å². The van der Waals surface area contributed by atoms with Crippen LogP contribution in [0.3, 0.4) is 0 Å². The van der Waals surface area contributed by atoms with Crippen molar-refractivity contribution in [3.05, 3.63) is 59.7 Å². The van der Waals surface area contributed by atoms with Gasteiger partial charge in [-0.05, 0) is 24.5 Å². The first kappa shape index (κ1) is 11.5. The van der Waals surface area contributed by atoms with Gasteiger partial charge >= 0.3 is 0 Å². The number of rotatable bonds is 4. The normalized spacial score (nSPS) is 10.2. The highest BCUT2D eigenvalue weighted by molar-refractivity contribution is 5.93. The van der Waals surface area contributed by atoms with Gasteiger partial charge in [0.25, 0.3) is 0 Å². The summed E-state index contributed by atoms with van der Waals surface area (Å²) in [7, 11) is 0. The molecule has 0 atom stereocenters.